The predicted octanol–water partition coefficient (Wildman–Crippen LogP) is 2.02. The van der Waals surface area contributed by atoms with Crippen molar-refractivity contribution < 1.29 is 27.4 Å². The Hall–Kier alpha value is -2.23. The van der Waals surface area contributed by atoms with Crippen molar-refractivity contribution in [3.8, 4) is 17.7 Å². The molecular weight excluding hydrogens is 263 g/mol. The van der Waals surface area contributed by atoms with E-state index in [4.69, 9.17) is 0 Å². The van der Waals surface area contributed by atoms with Crippen molar-refractivity contribution in [1.29, 1.82) is 0 Å². The quantitative estimate of drug-likeness (QED) is 0.611. The number of carbonyl (C=O) groups excluding carboxylic acids is 1. The van der Waals surface area contributed by atoms with Crippen molar-refractivity contribution in [1.82, 2.24) is 4.98 Å². The van der Waals surface area contributed by atoms with E-state index < -0.39 is 23.6 Å². The Morgan fingerprint density at radius 1 is 1.42 bits per heavy atom. The first-order valence-corrected chi connectivity index (χ1v) is 5.05. The van der Waals surface area contributed by atoms with Crippen molar-refractivity contribution >= 4 is 5.97 Å². The molecule has 0 atom stereocenters. The second-order valence-electron chi connectivity index (χ2n) is 3.33. The van der Waals surface area contributed by atoms with Crippen molar-refractivity contribution in [2.75, 3.05) is 14.2 Å². The van der Waals surface area contributed by atoms with Gasteiger partial charge in [-0.2, -0.15) is 13.2 Å². The maximum absolute atomic E-state index is 12.7. The van der Waals surface area contributed by atoms with Crippen LogP contribution in [0.2, 0.25) is 0 Å². The minimum atomic E-state index is -4.58. The molecule has 0 fully saturated rings. The third kappa shape index (κ3) is 4.17. The average molecular weight is 273 g/mol. The summed E-state index contributed by atoms with van der Waals surface area (Å²) < 4.78 is 46.9. The minimum absolute atomic E-state index is 0.0389. The zero-order valence-corrected chi connectivity index (χ0v) is 10.2. The lowest BCUT2D eigenvalue weighted by Crippen LogP contribution is -2.09. The number of hydrogen-bond donors (Lipinski definition) is 0. The van der Waals surface area contributed by atoms with Gasteiger partial charge in [0.25, 0.3) is 0 Å². The number of halogens is 3. The highest BCUT2D eigenvalue weighted by Gasteiger charge is 2.35. The molecule has 1 rings (SSSR count). The predicted molar refractivity (Wildman–Crippen MR) is 59.3 cm³/mol. The van der Waals surface area contributed by atoms with E-state index in [0.29, 0.717) is 0 Å². The highest BCUT2D eigenvalue weighted by atomic mass is 19.4. The molecule has 0 saturated carbocycles. The first kappa shape index (κ1) is 14.8. The summed E-state index contributed by atoms with van der Waals surface area (Å²) in [5, 5.41) is 0. The van der Waals surface area contributed by atoms with Gasteiger partial charge < -0.3 is 9.47 Å². The van der Waals surface area contributed by atoms with Crippen LogP contribution in [0.15, 0.2) is 12.3 Å². The molecule has 0 unspecified atom stereocenters. The molecule has 0 aliphatic heterocycles. The molecule has 7 heteroatoms. The number of alkyl halides is 3. The van der Waals surface area contributed by atoms with E-state index in [1.807, 2.05) is 0 Å². The average Bonchev–Trinajstić information content (AvgIpc) is 2.37. The lowest BCUT2D eigenvalue weighted by molar-refractivity contribution is -0.140. The van der Waals surface area contributed by atoms with E-state index in [1.54, 1.807) is 0 Å². The number of carbonyl (C=O) groups is 1. The smallest absolute Gasteiger partial charge is 0.421 e. The number of nitrogens with zero attached hydrogens (tertiary/aromatic N) is 1. The van der Waals surface area contributed by atoms with Gasteiger partial charge in [0.15, 0.2) is 0 Å². The molecule has 0 amide bonds. The van der Waals surface area contributed by atoms with Gasteiger partial charge in [-0.1, -0.05) is 11.8 Å². The topological polar surface area (TPSA) is 48.4 Å². The summed E-state index contributed by atoms with van der Waals surface area (Å²) >= 11 is 0. The van der Waals surface area contributed by atoms with Gasteiger partial charge in [0.05, 0.1) is 14.2 Å². The Bertz CT molecular complexity index is 529. The molecule has 0 radical (unpaired) electrons. The third-order valence-electron chi connectivity index (χ3n) is 2.04. The van der Waals surface area contributed by atoms with Crippen LogP contribution in [-0.2, 0) is 15.7 Å². The van der Waals surface area contributed by atoms with Crippen molar-refractivity contribution in [2.45, 2.75) is 12.6 Å². The molecule has 1 aromatic rings. The van der Waals surface area contributed by atoms with Gasteiger partial charge >= 0.3 is 12.1 Å². The molecule has 0 aliphatic rings. The van der Waals surface area contributed by atoms with E-state index in [-0.39, 0.29) is 12.0 Å². The summed E-state index contributed by atoms with van der Waals surface area (Å²) in [6.45, 7) is 0. The monoisotopic (exact) mass is 273 g/mol. The van der Waals surface area contributed by atoms with Gasteiger partial charge in [-0.05, 0) is 6.07 Å². The molecule has 0 bridgehead atoms. The number of pyridine rings is 1. The molecule has 0 saturated heterocycles. The van der Waals surface area contributed by atoms with Crippen LogP contribution in [0.1, 0.15) is 17.5 Å². The van der Waals surface area contributed by atoms with E-state index in [2.05, 4.69) is 26.3 Å². The molecule has 0 aliphatic carbocycles. The number of ether oxygens (including phenoxy) is 2. The van der Waals surface area contributed by atoms with Gasteiger partial charge in [0.2, 0.25) is 5.88 Å². The van der Waals surface area contributed by atoms with Crippen molar-refractivity contribution in [2.24, 2.45) is 0 Å². The van der Waals surface area contributed by atoms with Crippen LogP contribution in [0.25, 0.3) is 0 Å². The Balaban J connectivity index is 3.02. The largest absolute Gasteiger partial charge is 0.481 e. The lowest BCUT2D eigenvalue weighted by Gasteiger charge is -2.10. The molecule has 102 valence electrons. The summed E-state index contributed by atoms with van der Waals surface area (Å²) in [6.07, 6.45) is -3.65. The third-order valence-corrected chi connectivity index (χ3v) is 2.04. The summed E-state index contributed by atoms with van der Waals surface area (Å²) in [4.78, 5) is 14.3. The van der Waals surface area contributed by atoms with Gasteiger partial charge in [0.1, 0.15) is 12.0 Å². The van der Waals surface area contributed by atoms with Crippen LogP contribution in [0.5, 0.6) is 5.88 Å². The lowest BCUT2D eigenvalue weighted by atomic mass is 10.2. The number of rotatable bonds is 2. The highest BCUT2D eigenvalue weighted by molar-refractivity contribution is 5.72. The van der Waals surface area contributed by atoms with Crippen LogP contribution in [-0.4, -0.2) is 25.2 Å². The fourth-order valence-electron chi connectivity index (χ4n) is 1.18. The second-order valence-corrected chi connectivity index (χ2v) is 3.33. The molecule has 4 nitrogen and oxygen atoms in total. The first-order valence-electron chi connectivity index (χ1n) is 5.05. The Morgan fingerprint density at radius 2 is 2.11 bits per heavy atom. The Kier molecular flexibility index (Phi) is 4.75. The summed E-state index contributed by atoms with van der Waals surface area (Å²) in [5.74, 6) is 3.71. The number of hydrogen-bond acceptors (Lipinski definition) is 4. The molecular formula is C12H10F3NO3. The van der Waals surface area contributed by atoms with Gasteiger partial charge in [-0.15, -0.1) is 0 Å². The normalized spacial score (nSPS) is 10.4. The molecule has 1 heterocycles. The Labute approximate surface area is 107 Å². The fourth-order valence-corrected chi connectivity index (χ4v) is 1.18. The van der Waals surface area contributed by atoms with E-state index in [9.17, 15) is 18.0 Å². The van der Waals surface area contributed by atoms with Gasteiger partial charge in [0, 0.05) is 11.8 Å². The fraction of sp³-hybridized carbons (Fsp3) is 0.333. The number of esters is 1. The van der Waals surface area contributed by atoms with Crippen LogP contribution in [0.3, 0.4) is 0 Å². The van der Waals surface area contributed by atoms with Crippen LogP contribution < -0.4 is 4.74 Å². The zero-order valence-electron chi connectivity index (χ0n) is 10.2. The molecule has 0 N–H and O–H groups in total. The standard InChI is InChI=1S/C12H10F3NO3/c1-18-10(17)5-3-4-8-6-9(12(13,14)15)11(19-2)16-7-8/h6-7H,5H2,1-2H3. The molecule has 0 spiro atoms. The van der Waals surface area contributed by atoms with Crippen molar-refractivity contribution in [3.63, 3.8) is 0 Å². The maximum atomic E-state index is 12.7. The SMILES string of the molecule is COC(=O)CC#Cc1cnc(OC)c(C(F)(F)F)c1. The molecule has 19 heavy (non-hydrogen) atoms. The van der Waals surface area contributed by atoms with E-state index >= 15 is 0 Å². The maximum Gasteiger partial charge on any atom is 0.421 e. The van der Waals surface area contributed by atoms with Gasteiger partial charge in [-0.3, -0.25) is 4.79 Å². The second kappa shape index (κ2) is 6.09. The molecule has 0 aromatic carbocycles. The summed E-state index contributed by atoms with van der Waals surface area (Å²) in [6, 6.07) is 0.816. The van der Waals surface area contributed by atoms with E-state index in [1.165, 1.54) is 7.11 Å². The van der Waals surface area contributed by atoms with Crippen LogP contribution >= 0.6 is 0 Å². The number of methoxy groups -OCH3 is 2. The summed E-state index contributed by atoms with van der Waals surface area (Å²) in [7, 11) is 2.29. The minimum Gasteiger partial charge on any atom is -0.481 e. The first-order chi connectivity index (χ1) is 8.88. The van der Waals surface area contributed by atoms with Crippen LogP contribution in [0.4, 0.5) is 13.2 Å². The zero-order chi connectivity index (χ0) is 14.5. The van der Waals surface area contributed by atoms with Crippen LogP contribution in [0, 0.1) is 11.8 Å². The van der Waals surface area contributed by atoms with Crippen molar-refractivity contribution in [3.05, 3.63) is 23.4 Å². The summed E-state index contributed by atoms with van der Waals surface area (Å²) in [5.41, 5.74) is -0.975. The number of aromatic nitrogens is 1. The van der Waals surface area contributed by atoms with E-state index in [0.717, 1.165) is 19.4 Å². The Morgan fingerprint density at radius 3 is 2.63 bits per heavy atom. The highest BCUT2D eigenvalue weighted by Crippen LogP contribution is 2.35. The molecule has 1 aromatic heterocycles. The van der Waals surface area contributed by atoms with Gasteiger partial charge in [-0.25, -0.2) is 4.98 Å².